The first-order valence-electron chi connectivity index (χ1n) is 6.45. The summed E-state index contributed by atoms with van der Waals surface area (Å²) in [6.45, 7) is 8.66. The van der Waals surface area contributed by atoms with Crippen molar-refractivity contribution in [3.05, 3.63) is 0 Å². The summed E-state index contributed by atoms with van der Waals surface area (Å²) in [6.07, 6.45) is 3.62. The molecule has 0 bridgehead atoms. The summed E-state index contributed by atoms with van der Waals surface area (Å²) in [7, 11) is 0. The van der Waals surface area contributed by atoms with Crippen molar-refractivity contribution in [2.24, 2.45) is 0 Å². The largest absolute Gasteiger partial charge is 0.317 e. The molecule has 2 saturated heterocycles. The molecule has 1 unspecified atom stereocenters. The summed E-state index contributed by atoms with van der Waals surface area (Å²) in [6, 6.07) is 0.866. The molecule has 1 atom stereocenters. The number of rotatable bonds is 3. The molecule has 2 aliphatic rings. The summed E-state index contributed by atoms with van der Waals surface area (Å²) in [5, 5.41) is 3.41. The highest BCUT2D eigenvalue weighted by atomic mass is 16.1. The lowest BCUT2D eigenvalue weighted by Gasteiger charge is -2.41. The molecule has 16 heavy (non-hydrogen) atoms. The van der Waals surface area contributed by atoms with E-state index in [1.165, 1.54) is 12.8 Å². The minimum atomic E-state index is 0.0928. The minimum Gasteiger partial charge on any atom is -0.317 e. The molecule has 1 N–H and O–H groups in total. The van der Waals surface area contributed by atoms with Crippen molar-refractivity contribution in [2.45, 2.75) is 31.8 Å². The molecule has 4 heteroatoms. The summed E-state index contributed by atoms with van der Waals surface area (Å²) in [4.78, 5) is 15.6. The van der Waals surface area contributed by atoms with Gasteiger partial charge in [0.25, 0.3) is 0 Å². The monoisotopic (exact) mass is 225 g/mol. The van der Waals surface area contributed by atoms with Crippen molar-refractivity contribution in [2.75, 3.05) is 39.3 Å². The second kappa shape index (κ2) is 5.75. The van der Waals surface area contributed by atoms with E-state index in [1.807, 2.05) is 6.92 Å². The molecule has 92 valence electrons. The van der Waals surface area contributed by atoms with Gasteiger partial charge in [-0.15, -0.1) is 0 Å². The number of aldehydes is 1. The molecule has 0 spiro atoms. The fourth-order valence-electron chi connectivity index (χ4n) is 2.77. The lowest BCUT2D eigenvalue weighted by Crippen LogP contribution is -2.54. The van der Waals surface area contributed by atoms with E-state index in [2.05, 4.69) is 15.1 Å². The van der Waals surface area contributed by atoms with Crippen LogP contribution in [0.5, 0.6) is 0 Å². The molecule has 0 aromatic heterocycles. The van der Waals surface area contributed by atoms with Gasteiger partial charge in [-0.05, 0) is 32.9 Å². The molecular weight excluding hydrogens is 202 g/mol. The van der Waals surface area contributed by atoms with Gasteiger partial charge in [0.2, 0.25) is 0 Å². The van der Waals surface area contributed by atoms with E-state index in [1.54, 1.807) is 0 Å². The topological polar surface area (TPSA) is 35.6 Å². The Morgan fingerprint density at radius 1 is 1.19 bits per heavy atom. The van der Waals surface area contributed by atoms with Crippen molar-refractivity contribution in [3.63, 3.8) is 0 Å². The number of hydrogen-bond acceptors (Lipinski definition) is 4. The van der Waals surface area contributed by atoms with Gasteiger partial charge in [-0.1, -0.05) is 0 Å². The molecule has 0 aromatic rings. The van der Waals surface area contributed by atoms with Gasteiger partial charge in [0.15, 0.2) is 0 Å². The predicted molar refractivity (Wildman–Crippen MR) is 64.6 cm³/mol. The number of carbonyl (C=O) groups is 1. The fourth-order valence-corrected chi connectivity index (χ4v) is 2.77. The van der Waals surface area contributed by atoms with Gasteiger partial charge >= 0.3 is 0 Å². The normalized spacial score (nSPS) is 27.8. The number of hydrogen-bond donors (Lipinski definition) is 1. The van der Waals surface area contributed by atoms with Gasteiger partial charge in [0.1, 0.15) is 6.29 Å². The van der Waals surface area contributed by atoms with Gasteiger partial charge in [-0.2, -0.15) is 0 Å². The van der Waals surface area contributed by atoms with Crippen molar-refractivity contribution in [1.82, 2.24) is 15.1 Å². The van der Waals surface area contributed by atoms with Gasteiger partial charge in [-0.3, -0.25) is 9.80 Å². The van der Waals surface area contributed by atoms with E-state index >= 15 is 0 Å². The molecule has 0 radical (unpaired) electrons. The second-order valence-corrected chi connectivity index (χ2v) is 4.93. The van der Waals surface area contributed by atoms with Gasteiger partial charge in [-0.25, -0.2) is 0 Å². The van der Waals surface area contributed by atoms with Crippen molar-refractivity contribution < 1.29 is 4.79 Å². The highest BCUT2D eigenvalue weighted by Crippen LogP contribution is 2.15. The Kier molecular flexibility index (Phi) is 4.32. The van der Waals surface area contributed by atoms with Crippen LogP contribution in [0.2, 0.25) is 0 Å². The summed E-state index contributed by atoms with van der Waals surface area (Å²) >= 11 is 0. The first kappa shape index (κ1) is 12.0. The maximum atomic E-state index is 10.7. The van der Waals surface area contributed by atoms with Crippen LogP contribution in [0.25, 0.3) is 0 Å². The molecular formula is C12H23N3O. The summed E-state index contributed by atoms with van der Waals surface area (Å²) in [5.74, 6) is 0. The van der Waals surface area contributed by atoms with Crippen LogP contribution >= 0.6 is 0 Å². The maximum absolute atomic E-state index is 10.7. The second-order valence-electron chi connectivity index (χ2n) is 4.93. The highest BCUT2D eigenvalue weighted by Gasteiger charge is 2.26. The average molecular weight is 225 g/mol. The van der Waals surface area contributed by atoms with E-state index in [4.69, 9.17) is 0 Å². The van der Waals surface area contributed by atoms with E-state index in [-0.39, 0.29) is 6.04 Å². The van der Waals surface area contributed by atoms with Crippen molar-refractivity contribution in [1.29, 1.82) is 0 Å². The highest BCUT2D eigenvalue weighted by molar-refractivity contribution is 5.56. The summed E-state index contributed by atoms with van der Waals surface area (Å²) < 4.78 is 0. The molecule has 0 amide bonds. The van der Waals surface area contributed by atoms with Crippen LogP contribution in [0, 0.1) is 0 Å². The van der Waals surface area contributed by atoms with Crippen molar-refractivity contribution in [3.8, 4) is 0 Å². The lowest BCUT2D eigenvalue weighted by molar-refractivity contribution is -0.112. The number of nitrogens with one attached hydrogen (secondary N) is 1. The standard InChI is InChI=1S/C12H23N3O/c1-11(10-16)14-6-8-15(9-7-14)12-2-4-13-5-3-12/h10-13H,2-9H2,1H3. The van der Waals surface area contributed by atoms with E-state index in [0.29, 0.717) is 0 Å². The molecule has 4 nitrogen and oxygen atoms in total. The molecule has 2 rings (SSSR count). The molecule has 2 heterocycles. The van der Waals surface area contributed by atoms with Crippen LogP contribution in [0.15, 0.2) is 0 Å². The predicted octanol–water partition coefficient (Wildman–Crippen LogP) is -0.0566. The third-order valence-corrected chi connectivity index (χ3v) is 3.95. The quantitative estimate of drug-likeness (QED) is 0.683. The first-order chi connectivity index (χ1) is 7.81. The Morgan fingerprint density at radius 3 is 2.38 bits per heavy atom. The zero-order valence-electron chi connectivity index (χ0n) is 10.2. The zero-order valence-corrected chi connectivity index (χ0v) is 10.2. The third kappa shape index (κ3) is 2.81. The summed E-state index contributed by atoms with van der Waals surface area (Å²) in [5.41, 5.74) is 0. The van der Waals surface area contributed by atoms with E-state index in [0.717, 1.165) is 51.6 Å². The van der Waals surface area contributed by atoms with Crippen LogP contribution < -0.4 is 5.32 Å². The van der Waals surface area contributed by atoms with Gasteiger partial charge in [0.05, 0.1) is 6.04 Å². The van der Waals surface area contributed by atoms with Crippen LogP contribution in [0.3, 0.4) is 0 Å². The van der Waals surface area contributed by atoms with E-state index in [9.17, 15) is 4.79 Å². The minimum absolute atomic E-state index is 0.0928. The zero-order chi connectivity index (χ0) is 11.4. The Labute approximate surface area is 98.0 Å². The number of nitrogens with zero attached hydrogens (tertiary/aromatic N) is 2. The maximum Gasteiger partial charge on any atom is 0.136 e. The Balaban J connectivity index is 1.77. The molecule has 0 aliphatic carbocycles. The fraction of sp³-hybridized carbons (Fsp3) is 0.917. The Morgan fingerprint density at radius 2 is 1.81 bits per heavy atom. The third-order valence-electron chi connectivity index (χ3n) is 3.95. The molecule has 0 aromatic carbocycles. The Hall–Kier alpha value is -0.450. The Bertz CT molecular complexity index is 220. The average Bonchev–Trinajstić information content (AvgIpc) is 2.39. The van der Waals surface area contributed by atoms with Gasteiger partial charge in [0, 0.05) is 32.2 Å². The lowest BCUT2D eigenvalue weighted by atomic mass is 10.0. The first-order valence-corrected chi connectivity index (χ1v) is 6.45. The van der Waals surface area contributed by atoms with Crippen LogP contribution in [-0.4, -0.2) is 67.4 Å². The van der Waals surface area contributed by atoms with Crippen molar-refractivity contribution >= 4 is 6.29 Å². The van der Waals surface area contributed by atoms with Gasteiger partial charge < -0.3 is 10.1 Å². The van der Waals surface area contributed by atoms with E-state index < -0.39 is 0 Å². The number of piperazine rings is 1. The van der Waals surface area contributed by atoms with Crippen LogP contribution in [0.1, 0.15) is 19.8 Å². The SMILES string of the molecule is CC(C=O)N1CCN(C2CCNCC2)CC1. The van der Waals surface area contributed by atoms with Crippen LogP contribution in [0.4, 0.5) is 0 Å². The molecule has 0 saturated carbocycles. The molecule has 2 aliphatic heterocycles. The molecule has 2 fully saturated rings. The van der Waals surface area contributed by atoms with Crippen LogP contribution in [-0.2, 0) is 4.79 Å². The smallest absolute Gasteiger partial charge is 0.136 e. The number of piperidine rings is 1. The number of carbonyl (C=O) groups excluding carboxylic acids is 1.